The Morgan fingerprint density at radius 1 is 1.36 bits per heavy atom. The molecule has 5 aliphatic rings. The van der Waals surface area contributed by atoms with E-state index in [0.29, 0.717) is 12.5 Å². The van der Waals surface area contributed by atoms with Crippen molar-refractivity contribution >= 4 is 5.78 Å². The van der Waals surface area contributed by atoms with Gasteiger partial charge in [0.25, 0.3) is 0 Å². The van der Waals surface area contributed by atoms with E-state index >= 15 is 0 Å². The first kappa shape index (κ1) is 11.7. The first-order chi connectivity index (χ1) is 10.7. The van der Waals surface area contributed by atoms with Crippen molar-refractivity contribution in [1.29, 1.82) is 0 Å². The van der Waals surface area contributed by atoms with Crippen LogP contribution in [0.5, 0.6) is 11.5 Å². The molecule has 4 bridgehead atoms. The summed E-state index contributed by atoms with van der Waals surface area (Å²) in [4.78, 5) is 14.9. The zero-order valence-corrected chi connectivity index (χ0v) is 11.9. The van der Waals surface area contributed by atoms with Crippen molar-refractivity contribution in [2.45, 2.75) is 36.0 Å². The monoisotopic (exact) mass is 297 g/mol. The van der Waals surface area contributed by atoms with E-state index in [1.165, 1.54) is 5.56 Å². The molecule has 1 aromatic carbocycles. The van der Waals surface area contributed by atoms with Crippen molar-refractivity contribution in [3.05, 3.63) is 35.4 Å². The second-order valence-corrected chi connectivity index (χ2v) is 7.00. The van der Waals surface area contributed by atoms with E-state index in [1.54, 1.807) is 12.1 Å². The maximum atomic E-state index is 12.5. The summed E-state index contributed by atoms with van der Waals surface area (Å²) in [5.41, 5.74) is 1.25. The van der Waals surface area contributed by atoms with Gasteiger partial charge in [-0.15, -0.1) is 0 Å². The largest absolute Gasteiger partial charge is 0.504 e. The van der Waals surface area contributed by atoms with E-state index in [-0.39, 0.29) is 17.6 Å². The second kappa shape index (κ2) is 3.24. The zero-order valence-electron chi connectivity index (χ0n) is 11.9. The summed E-state index contributed by atoms with van der Waals surface area (Å²) < 4.78 is 12.3. The Morgan fingerprint density at radius 2 is 2.27 bits per heavy atom. The highest BCUT2D eigenvalue weighted by Crippen LogP contribution is 2.66. The normalized spacial score (nSPS) is 45.6. The number of hydrogen-bond donors (Lipinski definition) is 1. The van der Waals surface area contributed by atoms with Crippen LogP contribution in [0.4, 0.5) is 0 Å². The molecule has 2 fully saturated rings. The molecule has 5 atom stereocenters. The number of phenolic OH excluding ortho intramolecular Hbond substituents is 1. The number of nitrogens with zero attached hydrogens (tertiary/aromatic N) is 1. The molecule has 2 saturated heterocycles. The lowest BCUT2D eigenvalue weighted by Crippen LogP contribution is -2.71. The number of carbonyl (C=O) groups is 1. The van der Waals surface area contributed by atoms with Crippen LogP contribution in [0, 0.1) is 0 Å². The summed E-state index contributed by atoms with van der Waals surface area (Å²) in [5, 5.41) is 10.3. The van der Waals surface area contributed by atoms with E-state index in [4.69, 9.17) is 9.47 Å². The van der Waals surface area contributed by atoms with Crippen LogP contribution < -0.4 is 4.74 Å². The number of ether oxygens (including phenoxy) is 2. The number of aromatic hydroxyl groups is 1. The highest BCUT2D eigenvalue weighted by molar-refractivity contribution is 5.99. The van der Waals surface area contributed by atoms with Crippen molar-refractivity contribution in [2.24, 2.45) is 0 Å². The third-order valence-electron chi connectivity index (χ3n) is 6.42. The van der Waals surface area contributed by atoms with Gasteiger partial charge in [0, 0.05) is 18.2 Å². The van der Waals surface area contributed by atoms with Crippen molar-refractivity contribution < 1.29 is 19.4 Å². The molecular formula is C17H15NO4. The Hall–Kier alpha value is -1.85. The summed E-state index contributed by atoms with van der Waals surface area (Å²) in [6, 6.07) is 3.92. The van der Waals surface area contributed by atoms with Crippen LogP contribution in [0.15, 0.2) is 24.3 Å². The average molecular weight is 297 g/mol. The summed E-state index contributed by atoms with van der Waals surface area (Å²) in [6.45, 7) is 1.51. The summed E-state index contributed by atoms with van der Waals surface area (Å²) in [6.07, 6.45) is 4.73. The van der Waals surface area contributed by atoms with E-state index in [0.717, 1.165) is 24.9 Å². The topological polar surface area (TPSA) is 59.0 Å². The van der Waals surface area contributed by atoms with Crippen molar-refractivity contribution in [2.75, 3.05) is 13.3 Å². The van der Waals surface area contributed by atoms with Crippen LogP contribution in [0.1, 0.15) is 17.5 Å². The van der Waals surface area contributed by atoms with Crippen molar-refractivity contribution in [3.63, 3.8) is 0 Å². The zero-order chi connectivity index (χ0) is 14.7. The number of ketones is 1. The van der Waals surface area contributed by atoms with Crippen LogP contribution in [-0.2, 0) is 21.4 Å². The number of piperidine rings is 1. The third-order valence-corrected chi connectivity index (χ3v) is 6.42. The molecule has 0 amide bonds. The van der Waals surface area contributed by atoms with Gasteiger partial charge in [-0.1, -0.05) is 6.07 Å². The Bertz CT molecular complexity index is 787. The predicted molar refractivity (Wildman–Crippen MR) is 75.8 cm³/mol. The van der Waals surface area contributed by atoms with Crippen LogP contribution >= 0.6 is 0 Å². The Kier molecular flexibility index (Phi) is 1.72. The number of phenols is 1. The number of hydrogen-bond acceptors (Lipinski definition) is 5. The molecule has 0 saturated carbocycles. The molecule has 5 nitrogen and oxygen atoms in total. The van der Waals surface area contributed by atoms with Gasteiger partial charge in [0.1, 0.15) is 12.3 Å². The van der Waals surface area contributed by atoms with Crippen molar-refractivity contribution in [3.8, 4) is 11.5 Å². The second-order valence-electron chi connectivity index (χ2n) is 7.00. The lowest BCUT2D eigenvalue weighted by Gasteiger charge is -2.57. The molecule has 2 unspecified atom stereocenters. The summed E-state index contributed by atoms with van der Waals surface area (Å²) >= 11 is 0. The highest BCUT2D eigenvalue weighted by atomic mass is 16.5. The van der Waals surface area contributed by atoms with Gasteiger partial charge in [0.2, 0.25) is 0 Å². The molecule has 112 valence electrons. The number of carbonyl (C=O) groups excluding carboxylic acids is 1. The van der Waals surface area contributed by atoms with E-state index in [2.05, 4.69) is 4.90 Å². The minimum Gasteiger partial charge on any atom is -0.504 e. The number of benzene rings is 1. The van der Waals surface area contributed by atoms with Gasteiger partial charge in [0.05, 0.1) is 5.41 Å². The first-order valence-corrected chi connectivity index (χ1v) is 7.80. The fourth-order valence-electron chi connectivity index (χ4n) is 5.60. The molecule has 0 radical (unpaired) electrons. The van der Waals surface area contributed by atoms with Gasteiger partial charge in [0.15, 0.2) is 23.4 Å². The Labute approximate surface area is 127 Å². The molecule has 22 heavy (non-hydrogen) atoms. The van der Waals surface area contributed by atoms with Gasteiger partial charge in [-0.3, -0.25) is 9.69 Å². The SMILES string of the molecule is O=C1C=C[C@]23OCN4CCC25c2c(ccc(O)c2O[C@@H]15)C[C@@H]43. The average Bonchev–Trinajstić information content (AvgIpc) is 2.97. The lowest BCUT2D eigenvalue weighted by molar-refractivity contribution is -0.135. The van der Waals surface area contributed by atoms with Crippen LogP contribution in [-0.4, -0.2) is 46.8 Å². The maximum Gasteiger partial charge on any atom is 0.196 e. The molecule has 0 aromatic heterocycles. The molecule has 2 aliphatic carbocycles. The molecular weight excluding hydrogens is 282 g/mol. The molecule has 2 spiro atoms. The van der Waals surface area contributed by atoms with Gasteiger partial charge < -0.3 is 14.6 Å². The highest BCUT2D eigenvalue weighted by Gasteiger charge is 2.75. The Balaban J connectivity index is 1.78. The Morgan fingerprint density at radius 3 is 3.18 bits per heavy atom. The molecule has 6 rings (SSSR count). The van der Waals surface area contributed by atoms with Crippen LogP contribution in [0.3, 0.4) is 0 Å². The van der Waals surface area contributed by atoms with Gasteiger partial charge >= 0.3 is 0 Å². The van der Waals surface area contributed by atoms with Gasteiger partial charge in [-0.2, -0.15) is 0 Å². The summed E-state index contributed by atoms with van der Waals surface area (Å²) in [5.74, 6) is 0.613. The van der Waals surface area contributed by atoms with Gasteiger partial charge in [-0.25, -0.2) is 0 Å². The van der Waals surface area contributed by atoms with E-state index in [9.17, 15) is 9.90 Å². The number of rotatable bonds is 0. The standard InChI is InChI=1S/C17H15NO4/c19-10-2-1-9-7-12-17-4-3-11(20)15-16(17,13(9)14(10)22-15)5-6-18(12)8-21-17/h1-4,12,15,19H,5-8H2/t12-,15+,16?,17-/m1/s1. The third kappa shape index (κ3) is 0.921. The maximum absolute atomic E-state index is 12.5. The van der Waals surface area contributed by atoms with Crippen LogP contribution in [0.2, 0.25) is 0 Å². The molecule has 3 heterocycles. The lowest BCUT2D eigenvalue weighted by atomic mass is 9.51. The van der Waals surface area contributed by atoms with Crippen LogP contribution in [0.25, 0.3) is 0 Å². The van der Waals surface area contributed by atoms with Gasteiger partial charge in [-0.05, 0) is 36.6 Å². The fourth-order valence-corrected chi connectivity index (χ4v) is 5.60. The minimum absolute atomic E-state index is 0.0169. The molecule has 5 heteroatoms. The van der Waals surface area contributed by atoms with E-state index in [1.807, 2.05) is 12.1 Å². The molecule has 1 N–H and O–H groups in total. The quantitative estimate of drug-likeness (QED) is 0.770. The van der Waals surface area contributed by atoms with E-state index < -0.39 is 17.1 Å². The fraction of sp³-hybridized carbons (Fsp3) is 0.471. The molecule has 1 aromatic rings. The first-order valence-electron chi connectivity index (χ1n) is 7.80. The van der Waals surface area contributed by atoms with Crippen molar-refractivity contribution in [1.82, 2.24) is 4.90 Å². The summed E-state index contributed by atoms with van der Waals surface area (Å²) in [7, 11) is 0. The minimum atomic E-state index is -0.567. The predicted octanol–water partition coefficient (Wildman–Crippen LogP) is 0.887. The smallest absolute Gasteiger partial charge is 0.196 e. The molecule has 3 aliphatic heterocycles.